The summed E-state index contributed by atoms with van der Waals surface area (Å²) in [5.41, 5.74) is 0. The molecule has 1 saturated carbocycles. The van der Waals surface area contributed by atoms with Gasteiger partial charge in [-0.1, -0.05) is 19.3 Å². The maximum atomic E-state index is 13.1. The topological polar surface area (TPSA) is 75.7 Å². The van der Waals surface area contributed by atoms with Gasteiger partial charge in [0.2, 0.25) is 15.9 Å². The predicted molar refractivity (Wildman–Crippen MR) is 108 cm³/mol. The van der Waals surface area contributed by atoms with Crippen LogP contribution >= 0.6 is 0 Å². The van der Waals surface area contributed by atoms with E-state index in [4.69, 9.17) is 4.74 Å². The number of rotatable bonds is 8. The van der Waals surface area contributed by atoms with Gasteiger partial charge in [-0.15, -0.1) is 0 Å². The monoisotopic (exact) mass is 426 g/mol. The summed E-state index contributed by atoms with van der Waals surface area (Å²) >= 11 is 0. The van der Waals surface area contributed by atoms with Crippen molar-refractivity contribution in [3.05, 3.63) is 30.1 Å². The van der Waals surface area contributed by atoms with Crippen molar-refractivity contribution >= 4 is 15.9 Å². The van der Waals surface area contributed by atoms with Crippen LogP contribution in [0, 0.1) is 11.7 Å². The molecule has 2 fully saturated rings. The van der Waals surface area contributed by atoms with Gasteiger partial charge in [0.15, 0.2) is 0 Å². The molecule has 1 aromatic rings. The van der Waals surface area contributed by atoms with Crippen molar-refractivity contribution < 1.29 is 22.3 Å². The van der Waals surface area contributed by atoms with Crippen molar-refractivity contribution in [3.8, 4) is 0 Å². The average Bonchev–Trinajstić information content (AvgIpc) is 2.74. The number of amides is 1. The summed E-state index contributed by atoms with van der Waals surface area (Å²) in [6.45, 7) is 1.70. The van der Waals surface area contributed by atoms with Crippen molar-refractivity contribution in [1.29, 1.82) is 0 Å². The van der Waals surface area contributed by atoms with Gasteiger partial charge in [-0.3, -0.25) is 4.79 Å². The zero-order chi connectivity index (χ0) is 20.7. The van der Waals surface area contributed by atoms with Crippen molar-refractivity contribution in [1.82, 2.24) is 9.62 Å². The molecule has 1 saturated heterocycles. The van der Waals surface area contributed by atoms with E-state index in [9.17, 15) is 17.6 Å². The third kappa shape index (κ3) is 6.23. The number of benzene rings is 1. The van der Waals surface area contributed by atoms with Crippen LogP contribution in [0.2, 0.25) is 0 Å². The molecule has 1 aliphatic carbocycles. The van der Waals surface area contributed by atoms with E-state index in [1.807, 2.05) is 0 Å². The van der Waals surface area contributed by atoms with Crippen LogP contribution in [0.1, 0.15) is 51.4 Å². The molecule has 0 aromatic heterocycles. The first-order valence-electron chi connectivity index (χ1n) is 10.6. The molecule has 8 heteroatoms. The van der Waals surface area contributed by atoms with Gasteiger partial charge in [-0.2, -0.15) is 4.31 Å². The highest BCUT2D eigenvalue weighted by molar-refractivity contribution is 7.89. The zero-order valence-corrected chi connectivity index (χ0v) is 17.6. The quantitative estimate of drug-likeness (QED) is 0.648. The van der Waals surface area contributed by atoms with Gasteiger partial charge in [0.25, 0.3) is 0 Å². The Balaban J connectivity index is 1.43. The summed E-state index contributed by atoms with van der Waals surface area (Å²) in [6.07, 6.45) is 8.45. The molecule has 29 heavy (non-hydrogen) atoms. The molecule has 0 radical (unpaired) electrons. The molecule has 3 rings (SSSR count). The normalized spacial score (nSPS) is 21.8. The molecule has 0 bridgehead atoms. The molecular weight excluding hydrogens is 395 g/mol. The Labute approximate surface area is 172 Å². The van der Waals surface area contributed by atoms with Crippen LogP contribution in [0.25, 0.3) is 0 Å². The minimum absolute atomic E-state index is 0.0554. The van der Waals surface area contributed by atoms with E-state index in [-0.39, 0.29) is 23.3 Å². The Morgan fingerprint density at radius 3 is 2.55 bits per heavy atom. The minimum Gasteiger partial charge on any atom is -0.378 e. The van der Waals surface area contributed by atoms with E-state index in [0.29, 0.717) is 38.6 Å². The summed E-state index contributed by atoms with van der Waals surface area (Å²) in [5, 5.41) is 2.92. The van der Waals surface area contributed by atoms with Crippen LogP contribution in [0.15, 0.2) is 29.2 Å². The second-order valence-electron chi connectivity index (χ2n) is 7.93. The Morgan fingerprint density at radius 2 is 1.83 bits per heavy atom. The molecule has 1 atom stereocenters. The van der Waals surface area contributed by atoms with E-state index < -0.39 is 15.8 Å². The van der Waals surface area contributed by atoms with E-state index >= 15 is 0 Å². The number of hydrogen-bond donors (Lipinski definition) is 1. The molecule has 0 unspecified atom stereocenters. The molecule has 162 valence electrons. The van der Waals surface area contributed by atoms with Crippen LogP contribution in [0.5, 0.6) is 0 Å². The molecule has 1 amide bonds. The Hall–Kier alpha value is -1.51. The van der Waals surface area contributed by atoms with Crippen LogP contribution in [-0.2, 0) is 19.6 Å². The average molecular weight is 427 g/mol. The lowest BCUT2D eigenvalue weighted by atomic mass is 9.98. The first-order valence-corrected chi connectivity index (χ1v) is 12.1. The zero-order valence-electron chi connectivity index (χ0n) is 16.8. The van der Waals surface area contributed by atoms with Crippen molar-refractivity contribution in [2.75, 3.05) is 26.2 Å². The first-order chi connectivity index (χ1) is 14.0. The second-order valence-corrected chi connectivity index (χ2v) is 9.87. The number of piperidine rings is 1. The standard InChI is InChI=1S/C21H31FN2O4S/c22-18-9-11-20(12-10-18)29(26,27)24-14-4-6-17(16-24)21(25)23-13-5-15-28-19-7-2-1-3-8-19/h9-12,17,19H,1-8,13-16H2,(H,23,25)/t17-/m1/s1. The van der Waals surface area contributed by atoms with Gasteiger partial charge in [0, 0.05) is 26.2 Å². The highest BCUT2D eigenvalue weighted by Gasteiger charge is 2.33. The van der Waals surface area contributed by atoms with Gasteiger partial charge in [-0.05, 0) is 56.4 Å². The summed E-state index contributed by atoms with van der Waals surface area (Å²) < 4.78 is 45.8. The third-order valence-electron chi connectivity index (χ3n) is 5.73. The summed E-state index contributed by atoms with van der Waals surface area (Å²) in [6, 6.07) is 4.80. The van der Waals surface area contributed by atoms with Gasteiger partial charge in [0.1, 0.15) is 5.82 Å². The van der Waals surface area contributed by atoms with E-state index in [1.54, 1.807) is 0 Å². The number of nitrogens with zero attached hydrogens (tertiary/aromatic N) is 1. The fraction of sp³-hybridized carbons (Fsp3) is 0.667. The lowest BCUT2D eigenvalue weighted by Crippen LogP contribution is -2.45. The maximum Gasteiger partial charge on any atom is 0.243 e. The Kier molecular flexibility index (Phi) is 8.03. The smallest absolute Gasteiger partial charge is 0.243 e. The van der Waals surface area contributed by atoms with Crippen molar-refractivity contribution in [3.63, 3.8) is 0 Å². The molecule has 0 spiro atoms. The second kappa shape index (κ2) is 10.5. The Morgan fingerprint density at radius 1 is 1.10 bits per heavy atom. The lowest BCUT2D eigenvalue weighted by molar-refractivity contribution is -0.126. The highest BCUT2D eigenvalue weighted by Crippen LogP contribution is 2.24. The number of ether oxygens (including phenoxy) is 1. The molecule has 1 aromatic carbocycles. The van der Waals surface area contributed by atoms with Crippen LogP contribution in [0.4, 0.5) is 4.39 Å². The minimum atomic E-state index is -3.72. The lowest BCUT2D eigenvalue weighted by Gasteiger charge is -2.31. The SMILES string of the molecule is O=C(NCCCOC1CCCCC1)[C@@H]1CCCN(S(=O)(=O)c2ccc(F)cc2)C1. The molecular formula is C21H31FN2O4S. The number of halogens is 1. The highest BCUT2D eigenvalue weighted by atomic mass is 32.2. The van der Waals surface area contributed by atoms with E-state index in [1.165, 1.54) is 35.7 Å². The molecule has 1 N–H and O–H groups in total. The summed E-state index contributed by atoms with van der Waals surface area (Å²) in [7, 11) is -3.72. The third-order valence-corrected chi connectivity index (χ3v) is 7.61. The number of sulfonamides is 1. The summed E-state index contributed by atoms with van der Waals surface area (Å²) in [4.78, 5) is 12.5. The van der Waals surface area contributed by atoms with Crippen molar-refractivity contribution in [2.24, 2.45) is 5.92 Å². The molecule has 1 aliphatic heterocycles. The number of carbonyl (C=O) groups excluding carboxylic acids is 1. The molecule has 2 aliphatic rings. The van der Waals surface area contributed by atoms with Gasteiger partial charge < -0.3 is 10.1 Å². The Bertz CT molecular complexity index is 763. The predicted octanol–water partition coefficient (Wildman–Crippen LogP) is 3.08. The fourth-order valence-corrected chi connectivity index (χ4v) is 5.56. The number of hydrogen-bond acceptors (Lipinski definition) is 4. The van der Waals surface area contributed by atoms with Crippen molar-refractivity contribution in [2.45, 2.75) is 62.4 Å². The largest absolute Gasteiger partial charge is 0.378 e. The van der Waals surface area contributed by atoms with E-state index in [2.05, 4.69) is 5.32 Å². The first kappa shape index (κ1) is 22.2. The summed E-state index contributed by atoms with van der Waals surface area (Å²) in [5.74, 6) is -0.952. The van der Waals surface area contributed by atoms with Crippen LogP contribution < -0.4 is 5.32 Å². The van der Waals surface area contributed by atoms with Gasteiger partial charge in [0.05, 0.1) is 16.9 Å². The van der Waals surface area contributed by atoms with Gasteiger partial charge in [-0.25, -0.2) is 12.8 Å². The van der Waals surface area contributed by atoms with Crippen LogP contribution in [-0.4, -0.2) is 51.0 Å². The van der Waals surface area contributed by atoms with E-state index in [0.717, 1.165) is 31.4 Å². The van der Waals surface area contributed by atoms with Crippen LogP contribution in [0.3, 0.4) is 0 Å². The number of nitrogens with one attached hydrogen (secondary N) is 1. The number of carbonyl (C=O) groups is 1. The molecule has 6 nitrogen and oxygen atoms in total. The maximum absolute atomic E-state index is 13.1. The van der Waals surface area contributed by atoms with Gasteiger partial charge >= 0.3 is 0 Å². The molecule has 1 heterocycles. The fourth-order valence-electron chi connectivity index (χ4n) is 4.04.